The zero-order chi connectivity index (χ0) is 8.65. The van der Waals surface area contributed by atoms with Gasteiger partial charge in [-0.3, -0.25) is 0 Å². The third-order valence-corrected chi connectivity index (χ3v) is 1.51. The summed E-state index contributed by atoms with van der Waals surface area (Å²) in [6.45, 7) is 1.87. The summed E-state index contributed by atoms with van der Waals surface area (Å²) in [5, 5.41) is 0. The van der Waals surface area contributed by atoms with Crippen molar-refractivity contribution in [2.24, 2.45) is 5.73 Å². The minimum atomic E-state index is 0. The number of benzene rings is 1. The molecule has 0 aliphatic carbocycles. The summed E-state index contributed by atoms with van der Waals surface area (Å²) in [7, 11) is 0. The zero-order valence-corrected chi connectivity index (χ0v) is 8.30. The summed E-state index contributed by atoms with van der Waals surface area (Å²) >= 11 is 0. The molecule has 0 fully saturated rings. The summed E-state index contributed by atoms with van der Waals surface area (Å²) in [6, 6.07) is 10.1. The molecule has 0 amide bonds. The van der Waals surface area contributed by atoms with Crippen LogP contribution < -0.4 is 5.73 Å². The summed E-state index contributed by atoms with van der Waals surface area (Å²) < 4.78 is 5.32. The topological polar surface area (TPSA) is 35.2 Å². The summed E-state index contributed by atoms with van der Waals surface area (Å²) in [5.41, 5.74) is 6.47. The molecule has 13 heavy (non-hydrogen) atoms. The fraction of sp³-hybridized carbons (Fsp3) is 0.300. The summed E-state index contributed by atoms with van der Waals surface area (Å²) in [6.07, 6.45) is 1.91. The minimum Gasteiger partial charge on any atom is -0.376 e. The predicted molar refractivity (Wildman–Crippen MR) is 56.7 cm³/mol. The number of hydrogen-bond acceptors (Lipinski definition) is 2. The molecule has 0 atom stereocenters. The lowest BCUT2D eigenvalue weighted by Gasteiger charge is -2.01. The molecule has 1 aromatic carbocycles. The summed E-state index contributed by atoms with van der Waals surface area (Å²) in [4.78, 5) is 0. The van der Waals surface area contributed by atoms with E-state index in [1.165, 1.54) is 5.56 Å². The number of nitrogens with two attached hydrogens (primary N) is 1. The Kier molecular flexibility index (Phi) is 7.69. The van der Waals surface area contributed by atoms with Gasteiger partial charge in [0.15, 0.2) is 0 Å². The van der Waals surface area contributed by atoms with Gasteiger partial charge in [-0.1, -0.05) is 30.3 Å². The summed E-state index contributed by atoms with van der Waals surface area (Å²) in [5.74, 6) is 0. The molecular weight excluding hydrogens is 186 g/mol. The zero-order valence-electron chi connectivity index (χ0n) is 7.48. The first-order chi connectivity index (χ1) is 5.93. The minimum absolute atomic E-state index is 0. The van der Waals surface area contributed by atoms with Gasteiger partial charge >= 0.3 is 0 Å². The molecule has 0 saturated carbocycles. The van der Waals surface area contributed by atoms with E-state index in [2.05, 4.69) is 0 Å². The van der Waals surface area contributed by atoms with Gasteiger partial charge in [-0.2, -0.15) is 0 Å². The first kappa shape index (κ1) is 12.4. The van der Waals surface area contributed by atoms with E-state index < -0.39 is 0 Å². The monoisotopic (exact) mass is 200 g/mol. The van der Waals surface area contributed by atoms with Gasteiger partial charge < -0.3 is 10.5 Å². The highest BCUT2D eigenvalue weighted by atomic mass is 35.5. The van der Waals surface area contributed by atoms with Crippen molar-refractivity contribution in [2.75, 3.05) is 13.2 Å². The SMILES string of the molecule is Cl.NC[CH]COCc1ccccc1. The quantitative estimate of drug-likeness (QED) is 0.736. The highest BCUT2D eigenvalue weighted by Crippen LogP contribution is 1.99. The molecule has 2 N–H and O–H groups in total. The van der Waals surface area contributed by atoms with Crippen LogP contribution >= 0.6 is 12.4 Å². The van der Waals surface area contributed by atoms with Crippen LogP contribution in [0.5, 0.6) is 0 Å². The first-order valence-electron chi connectivity index (χ1n) is 4.07. The normalized spacial score (nSPS) is 9.31. The second kappa shape index (κ2) is 8.05. The van der Waals surface area contributed by atoms with E-state index in [1.807, 2.05) is 36.8 Å². The van der Waals surface area contributed by atoms with Crippen molar-refractivity contribution in [3.8, 4) is 0 Å². The molecule has 73 valence electrons. The number of hydrogen-bond donors (Lipinski definition) is 1. The van der Waals surface area contributed by atoms with Crippen molar-refractivity contribution in [3.63, 3.8) is 0 Å². The molecule has 0 saturated heterocycles. The fourth-order valence-corrected chi connectivity index (χ4v) is 0.902. The Labute approximate surface area is 85.5 Å². The van der Waals surface area contributed by atoms with Crippen molar-refractivity contribution in [1.29, 1.82) is 0 Å². The van der Waals surface area contributed by atoms with Crippen molar-refractivity contribution in [1.82, 2.24) is 0 Å². The van der Waals surface area contributed by atoms with Gasteiger partial charge in [-0.15, -0.1) is 12.4 Å². The molecule has 0 heterocycles. The van der Waals surface area contributed by atoms with E-state index >= 15 is 0 Å². The van der Waals surface area contributed by atoms with Gasteiger partial charge in [0.1, 0.15) is 0 Å². The molecule has 0 aliphatic heterocycles. The van der Waals surface area contributed by atoms with Crippen molar-refractivity contribution >= 4 is 12.4 Å². The molecular formula is C10H15ClNO. The van der Waals surface area contributed by atoms with E-state index in [0.29, 0.717) is 19.8 Å². The van der Waals surface area contributed by atoms with Crippen LogP contribution in [0.15, 0.2) is 30.3 Å². The van der Waals surface area contributed by atoms with E-state index in [9.17, 15) is 0 Å². The van der Waals surface area contributed by atoms with Gasteiger partial charge in [0, 0.05) is 6.42 Å². The highest BCUT2D eigenvalue weighted by Gasteiger charge is 1.90. The maximum absolute atomic E-state index is 5.32. The molecule has 0 aliphatic rings. The molecule has 0 spiro atoms. The Morgan fingerprint density at radius 3 is 2.54 bits per heavy atom. The average molecular weight is 201 g/mol. The Hall–Kier alpha value is -0.570. The van der Waals surface area contributed by atoms with Gasteiger partial charge in [0.25, 0.3) is 0 Å². The molecule has 0 unspecified atom stereocenters. The fourth-order valence-electron chi connectivity index (χ4n) is 0.902. The third kappa shape index (κ3) is 5.64. The molecule has 0 aromatic heterocycles. The van der Waals surface area contributed by atoms with Crippen LogP contribution in [0, 0.1) is 6.42 Å². The molecule has 1 radical (unpaired) electrons. The first-order valence-corrected chi connectivity index (χ1v) is 4.07. The molecule has 1 rings (SSSR count). The second-order valence-corrected chi connectivity index (χ2v) is 2.53. The van der Waals surface area contributed by atoms with Crippen LogP contribution in [0.2, 0.25) is 0 Å². The van der Waals surface area contributed by atoms with E-state index in [1.54, 1.807) is 0 Å². The lowest BCUT2D eigenvalue weighted by Crippen LogP contribution is -2.05. The Morgan fingerprint density at radius 2 is 1.92 bits per heavy atom. The van der Waals surface area contributed by atoms with Crippen LogP contribution in [-0.2, 0) is 11.3 Å². The molecule has 0 bridgehead atoms. The van der Waals surface area contributed by atoms with Gasteiger partial charge in [-0.05, 0) is 12.1 Å². The average Bonchev–Trinajstić information content (AvgIpc) is 2.14. The smallest absolute Gasteiger partial charge is 0.0717 e. The number of rotatable bonds is 5. The molecule has 1 aromatic rings. The van der Waals surface area contributed by atoms with Crippen molar-refractivity contribution in [3.05, 3.63) is 42.3 Å². The van der Waals surface area contributed by atoms with E-state index in [-0.39, 0.29) is 12.4 Å². The lowest BCUT2D eigenvalue weighted by molar-refractivity contribution is 0.140. The van der Waals surface area contributed by atoms with Crippen LogP contribution in [-0.4, -0.2) is 13.2 Å². The third-order valence-electron chi connectivity index (χ3n) is 1.51. The second-order valence-electron chi connectivity index (χ2n) is 2.53. The van der Waals surface area contributed by atoms with Gasteiger partial charge in [0.05, 0.1) is 13.2 Å². The van der Waals surface area contributed by atoms with E-state index in [4.69, 9.17) is 10.5 Å². The van der Waals surface area contributed by atoms with Crippen LogP contribution in [0.1, 0.15) is 5.56 Å². The van der Waals surface area contributed by atoms with Crippen molar-refractivity contribution in [2.45, 2.75) is 6.61 Å². The number of ether oxygens (including phenoxy) is 1. The van der Waals surface area contributed by atoms with Crippen molar-refractivity contribution < 1.29 is 4.74 Å². The predicted octanol–water partition coefficient (Wildman–Crippen LogP) is 1.79. The lowest BCUT2D eigenvalue weighted by atomic mass is 10.2. The van der Waals surface area contributed by atoms with Gasteiger partial charge in [-0.25, -0.2) is 0 Å². The maximum Gasteiger partial charge on any atom is 0.0717 e. The standard InChI is InChI=1S/C10H14NO.ClH/c11-7-4-8-12-9-10-5-2-1-3-6-10;/h1-6H,7-9,11H2;1H. The van der Waals surface area contributed by atoms with Crippen LogP contribution in [0.3, 0.4) is 0 Å². The molecule has 3 heteroatoms. The van der Waals surface area contributed by atoms with Gasteiger partial charge in [0.2, 0.25) is 0 Å². The Balaban J connectivity index is 0.00000144. The highest BCUT2D eigenvalue weighted by molar-refractivity contribution is 5.85. The number of halogens is 1. The van der Waals surface area contributed by atoms with Crippen LogP contribution in [0.4, 0.5) is 0 Å². The Morgan fingerprint density at radius 1 is 1.23 bits per heavy atom. The molecule has 2 nitrogen and oxygen atoms in total. The Bertz CT molecular complexity index is 203. The maximum atomic E-state index is 5.32. The largest absolute Gasteiger partial charge is 0.376 e. The van der Waals surface area contributed by atoms with E-state index in [0.717, 1.165) is 0 Å². The van der Waals surface area contributed by atoms with Crippen LogP contribution in [0.25, 0.3) is 0 Å².